The number of aromatic amines is 1. The van der Waals surface area contributed by atoms with E-state index in [4.69, 9.17) is 25.8 Å². The van der Waals surface area contributed by atoms with E-state index < -0.39 is 0 Å². The number of nitrogens with zero attached hydrogens (tertiary/aromatic N) is 6. The molecule has 3 N–H and O–H groups in total. The highest BCUT2D eigenvalue weighted by molar-refractivity contribution is 6.32. The molecule has 1 aliphatic rings. The lowest BCUT2D eigenvalue weighted by molar-refractivity contribution is 0.173. The van der Waals surface area contributed by atoms with E-state index in [0.29, 0.717) is 54.2 Å². The molecule has 0 aliphatic carbocycles. The van der Waals surface area contributed by atoms with Crippen molar-refractivity contribution in [1.29, 1.82) is 5.26 Å². The van der Waals surface area contributed by atoms with Gasteiger partial charge in [-0.3, -0.25) is 4.98 Å². The van der Waals surface area contributed by atoms with Crippen molar-refractivity contribution in [2.75, 3.05) is 32.8 Å². The van der Waals surface area contributed by atoms with E-state index in [0.717, 1.165) is 77.2 Å². The molecule has 276 valence electrons. The summed E-state index contributed by atoms with van der Waals surface area (Å²) in [7, 11) is 0. The quantitative estimate of drug-likeness (QED) is 0.0923. The number of H-pyrrole nitrogens is 1. The van der Waals surface area contributed by atoms with Crippen molar-refractivity contribution in [3.63, 3.8) is 0 Å². The summed E-state index contributed by atoms with van der Waals surface area (Å²) in [4.78, 5) is 6.45. The number of tetrazole rings is 1. The van der Waals surface area contributed by atoms with E-state index in [1.807, 2.05) is 37.3 Å². The number of pyridine rings is 1. The molecule has 3 aromatic carbocycles. The van der Waals surface area contributed by atoms with Crippen LogP contribution in [0.3, 0.4) is 0 Å². The molecule has 0 radical (unpaired) electrons. The van der Waals surface area contributed by atoms with E-state index in [1.54, 1.807) is 12.3 Å². The molecule has 13 heteroatoms. The third-order valence-electron chi connectivity index (χ3n) is 9.55. The highest BCUT2D eigenvalue weighted by Gasteiger charge is 2.20. The zero-order valence-electron chi connectivity index (χ0n) is 30.3. The number of hydrogen-bond donors (Lipinski definition) is 3. The largest absolute Gasteiger partial charge is 0.493 e. The minimum absolute atomic E-state index is 0.0613. The molecule has 12 nitrogen and oxygen atoms in total. The molecule has 1 fully saturated rings. The van der Waals surface area contributed by atoms with Crippen molar-refractivity contribution >= 4 is 11.6 Å². The van der Waals surface area contributed by atoms with Crippen molar-refractivity contribution in [2.24, 2.45) is 0 Å². The van der Waals surface area contributed by atoms with Crippen LogP contribution in [0.4, 0.5) is 0 Å². The Kier molecular flexibility index (Phi) is 12.9. The van der Waals surface area contributed by atoms with Gasteiger partial charge in [0.25, 0.3) is 0 Å². The molecule has 0 saturated carbocycles. The van der Waals surface area contributed by atoms with Gasteiger partial charge < -0.3 is 29.5 Å². The summed E-state index contributed by atoms with van der Waals surface area (Å²) in [5, 5.41) is 37.2. The molecule has 6 rings (SSSR count). The summed E-state index contributed by atoms with van der Waals surface area (Å²) in [6, 6.07) is 20.0. The van der Waals surface area contributed by atoms with Crippen LogP contribution in [-0.2, 0) is 19.8 Å². The minimum Gasteiger partial charge on any atom is -0.493 e. The highest BCUT2D eigenvalue weighted by Crippen LogP contribution is 2.36. The number of nitrogens with one attached hydrogen (secondary N) is 2. The van der Waals surface area contributed by atoms with Crippen molar-refractivity contribution in [2.45, 2.75) is 65.4 Å². The lowest BCUT2D eigenvalue weighted by atomic mass is 9.93. The minimum atomic E-state index is -0.205. The summed E-state index contributed by atoms with van der Waals surface area (Å²) in [6.07, 6.45) is 4.75. The first-order valence-electron chi connectivity index (χ1n) is 17.9. The second-order valence-electron chi connectivity index (χ2n) is 13.4. The first-order valence-corrected chi connectivity index (χ1v) is 18.2. The molecule has 2 unspecified atom stereocenters. The Bertz CT molecular complexity index is 2020. The number of aromatic nitrogens is 5. The van der Waals surface area contributed by atoms with Crippen LogP contribution in [0.15, 0.2) is 67.0 Å². The van der Waals surface area contributed by atoms with E-state index in [-0.39, 0.29) is 18.6 Å². The number of likely N-dealkylation sites (tertiary alicyclic amines) is 1. The first kappa shape index (κ1) is 37.7. The fraction of sp³-hybridized carbons (Fsp3) is 0.375. The maximum Gasteiger partial charge on any atom is 0.152 e. The van der Waals surface area contributed by atoms with E-state index in [2.05, 4.69) is 73.9 Å². The van der Waals surface area contributed by atoms with Crippen LogP contribution >= 0.6 is 11.6 Å². The number of rotatable bonds is 17. The molecule has 1 saturated heterocycles. The lowest BCUT2D eigenvalue weighted by Gasteiger charge is -2.19. The number of ether oxygens (including phenoxy) is 3. The summed E-state index contributed by atoms with van der Waals surface area (Å²) in [6.45, 7) is 11.1. The number of nitriles is 1. The molecule has 0 amide bonds. The average molecular weight is 737 g/mol. The highest BCUT2D eigenvalue weighted by atomic mass is 35.5. The van der Waals surface area contributed by atoms with Gasteiger partial charge in [-0.15, -0.1) is 5.10 Å². The second kappa shape index (κ2) is 18.1. The summed E-state index contributed by atoms with van der Waals surface area (Å²) < 4.78 is 18.9. The zero-order valence-corrected chi connectivity index (χ0v) is 31.1. The van der Waals surface area contributed by atoms with Gasteiger partial charge in [-0.25, -0.2) is 5.10 Å². The van der Waals surface area contributed by atoms with Gasteiger partial charge >= 0.3 is 0 Å². The van der Waals surface area contributed by atoms with Crippen molar-refractivity contribution < 1.29 is 19.3 Å². The molecule has 0 spiro atoms. The van der Waals surface area contributed by atoms with Crippen molar-refractivity contribution in [3.05, 3.63) is 111 Å². The normalized spacial score (nSPS) is 14.9. The Hall–Kier alpha value is -5.06. The van der Waals surface area contributed by atoms with Gasteiger partial charge in [0, 0.05) is 68.2 Å². The Morgan fingerprint density at radius 3 is 2.58 bits per heavy atom. The van der Waals surface area contributed by atoms with Crippen LogP contribution in [0.25, 0.3) is 11.1 Å². The summed E-state index contributed by atoms with van der Waals surface area (Å²) in [5.41, 5.74) is 7.52. The molecule has 5 aromatic rings. The van der Waals surface area contributed by atoms with Crippen LogP contribution in [0.1, 0.15) is 64.9 Å². The third kappa shape index (κ3) is 9.88. The van der Waals surface area contributed by atoms with Crippen LogP contribution in [0.2, 0.25) is 5.02 Å². The Labute approximate surface area is 315 Å². The topological polar surface area (TPSA) is 154 Å². The predicted octanol–water partition coefficient (Wildman–Crippen LogP) is 6.29. The first-order chi connectivity index (χ1) is 25.8. The number of β-amino-alcohol motifs (C(OH)–C–C–N with tert-alkyl or cyclic N) is 1. The Balaban J connectivity index is 1.15. The Morgan fingerprint density at radius 1 is 1.00 bits per heavy atom. The number of benzene rings is 3. The SMILES string of the molecule is Cc1c(COc2cc(OCc3cncc(C#N)c3)c(CNCC(C)c3nnn[nH]3)cc2Cl)cccc1-c1cccc(OCCCN2CCC(O)C2)c1C. The average Bonchev–Trinajstić information content (AvgIpc) is 3.86. The van der Waals surface area contributed by atoms with Gasteiger partial charge in [0.1, 0.15) is 36.5 Å². The van der Waals surface area contributed by atoms with Crippen LogP contribution in [0, 0.1) is 25.2 Å². The molecule has 0 bridgehead atoms. The zero-order chi connectivity index (χ0) is 37.2. The molecule has 53 heavy (non-hydrogen) atoms. The standard InChI is InChI=1S/C40H45ClN8O4/c1-26(40-45-47-48-46-40)19-43-22-32-16-36(41)39(17-38(32)52-24-30-15-29(18-42)20-44-21-30)53-25-31-7-4-8-34(27(31)2)35-9-5-10-37(28(35)3)51-14-6-12-49-13-11-33(50)23-49/h4-5,7-10,15-17,20-21,26,33,43,50H,6,11-14,19,22-25H2,1-3H3,(H,45,46,47,48). The number of hydrogen-bond acceptors (Lipinski definition) is 11. The van der Waals surface area contributed by atoms with Crippen LogP contribution < -0.4 is 19.5 Å². The van der Waals surface area contributed by atoms with Gasteiger partial charge in [-0.1, -0.05) is 48.9 Å². The Morgan fingerprint density at radius 2 is 1.81 bits per heavy atom. The van der Waals surface area contributed by atoms with Crippen molar-refractivity contribution in [3.8, 4) is 34.4 Å². The maximum absolute atomic E-state index is 9.80. The van der Waals surface area contributed by atoms with Gasteiger partial charge in [0.15, 0.2) is 5.82 Å². The second-order valence-corrected chi connectivity index (χ2v) is 13.9. The fourth-order valence-corrected chi connectivity index (χ4v) is 6.72. The van der Waals surface area contributed by atoms with Crippen molar-refractivity contribution in [1.82, 2.24) is 35.8 Å². The summed E-state index contributed by atoms with van der Waals surface area (Å²) in [5.74, 6) is 2.73. The van der Waals surface area contributed by atoms with Gasteiger partial charge in [-0.05, 0) is 83.1 Å². The molecule has 2 atom stereocenters. The molecular formula is C40H45ClN8O4. The van der Waals surface area contributed by atoms with E-state index in [9.17, 15) is 10.4 Å². The molecule has 1 aliphatic heterocycles. The number of aliphatic hydroxyl groups is 1. The van der Waals surface area contributed by atoms with Gasteiger partial charge in [0.2, 0.25) is 0 Å². The number of halogens is 1. The summed E-state index contributed by atoms with van der Waals surface area (Å²) >= 11 is 6.83. The fourth-order valence-electron chi connectivity index (χ4n) is 6.48. The van der Waals surface area contributed by atoms with Crippen LogP contribution in [-0.4, -0.2) is 74.5 Å². The molecule has 2 aromatic heterocycles. The van der Waals surface area contributed by atoms with E-state index >= 15 is 0 Å². The molecule has 3 heterocycles. The van der Waals surface area contributed by atoms with E-state index in [1.165, 1.54) is 6.20 Å². The third-order valence-corrected chi connectivity index (χ3v) is 9.85. The van der Waals surface area contributed by atoms with Gasteiger partial charge in [-0.2, -0.15) is 5.26 Å². The smallest absolute Gasteiger partial charge is 0.152 e. The number of aliphatic hydroxyl groups excluding tert-OH is 1. The predicted molar refractivity (Wildman–Crippen MR) is 202 cm³/mol. The van der Waals surface area contributed by atoms with Gasteiger partial charge in [0.05, 0.1) is 23.3 Å². The maximum atomic E-state index is 9.80. The monoisotopic (exact) mass is 736 g/mol. The lowest BCUT2D eigenvalue weighted by Crippen LogP contribution is -2.24. The van der Waals surface area contributed by atoms with Crippen LogP contribution in [0.5, 0.6) is 17.2 Å². The molecular weight excluding hydrogens is 692 g/mol.